The summed E-state index contributed by atoms with van der Waals surface area (Å²) in [6.45, 7) is 3.86. The van der Waals surface area contributed by atoms with Crippen molar-refractivity contribution in [3.63, 3.8) is 0 Å². The molecule has 0 saturated heterocycles. The van der Waals surface area contributed by atoms with Gasteiger partial charge < -0.3 is 5.11 Å². The molecule has 4 heteroatoms. The number of nitrogens with two attached hydrogens (primary N) is 2. The third kappa shape index (κ3) is 30.7. The summed E-state index contributed by atoms with van der Waals surface area (Å²) in [6.07, 6.45) is 0. The molecule has 0 aromatic heterocycles. The molecule has 0 aliphatic carbocycles. The van der Waals surface area contributed by atoms with E-state index in [1.54, 1.807) is 6.92 Å². The van der Waals surface area contributed by atoms with Gasteiger partial charge in [-0.3, -0.25) is 0 Å². The van der Waals surface area contributed by atoms with Crippen LogP contribution in [0.3, 0.4) is 0 Å². The first-order valence-corrected chi connectivity index (χ1v) is 4.31. The van der Waals surface area contributed by atoms with E-state index in [9.17, 15) is 0 Å². The van der Waals surface area contributed by atoms with Crippen LogP contribution in [-0.2, 0) is 19.4 Å². The van der Waals surface area contributed by atoms with Crippen molar-refractivity contribution in [2.45, 2.75) is 18.2 Å². The predicted molar refractivity (Wildman–Crippen MR) is 30.6 cm³/mol. The van der Waals surface area contributed by atoms with Gasteiger partial charge in [-0.15, -0.1) is 0 Å². The number of hydrogen-bond donors (Lipinski definition) is 3. The first kappa shape index (κ1) is 11.4. The van der Waals surface area contributed by atoms with E-state index in [-0.39, 0.29) is 30.4 Å². The Morgan fingerprint density at radius 2 is 1.88 bits per heavy atom. The second-order valence-corrected chi connectivity index (χ2v) is 3.21. The second kappa shape index (κ2) is 10.6. The Balaban J connectivity index is 0. The van der Waals surface area contributed by atoms with Crippen LogP contribution in [-0.4, -0.2) is 16.1 Å². The summed E-state index contributed by atoms with van der Waals surface area (Å²) in [5.74, 6) is 0. The molecule has 3 nitrogen and oxygen atoms in total. The summed E-state index contributed by atoms with van der Waals surface area (Å²) in [5.41, 5.74) is 5.22. The molecule has 0 aromatic carbocycles. The van der Waals surface area contributed by atoms with Gasteiger partial charge in [0.25, 0.3) is 0 Å². The summed E-state index contributed by atoms with van der Waals surface area (Å²) in [4.78, 5) is 0. The van der Waals surface area contributed by atoms with Gasteiger partial charge in [-0.1, -0.05) is 0 Å². The maximum absolute atomic E-state index is 7.57. The Labute approximate surface area is 59.7 Å². The number of hydrogen-bond acceptors (Lipinski definition) is 3. The first-order valence-electron chi connectivity index (χ1n) is 2.51. The van der Waals surface area contributed by atoms with Crippen LogP contribution in [0.15, 0.2) is 0 Å². The third-order valence-electron chi connectivity index (χ3n) is 0.263. The van der Waals surface area contributed by atoms with Crippen LogP contribution in [0.2, 0.25) is 0 Å². The van der Waals surface area contributed by atoms with Crippen LogP contribution in [0, 0.1) is 0 Å². The zero-order valence-electron chi connectivity index (χ0n) is 5.39. The normalized spacial score (nSPS) is 11.1. The van der Waals surface area contributed by atoms with Gasteiger partial charge in [0, 0.05) is 6.61 Å². The zero-order chi connectivity index (χ0) is 6.99. The second-order valence-electron chi connectivity index (χ2n) is 1.27. The Hall–Kier alpha value is 0.594. The molecular formula is C4H14N2OTi. The monoisotopic (exact) mass is 154 g/mol. The van der Waals surface area contributed by atoms with Crippen LogP contribution >= 0.6 is 0 Å². The van der Waals surface area contributed by atoms with E-state index in [1.165, 1.54) is 0 Å². The molecule has 50 valence electrons. The average molecular weight is 154 g/mol. The quantitative estimate of drug-likeness (QED) is 0.435. The Morgan fingerprint density at radius 1 is 1.75 bits per heavy atom. The van der Waals surface area contributed by atoms with E-state index in [2.05, 4.69) is 0 Å². The Kier molecular flexibility index (Phi) is 15.0. The predicted octanol–water partition coefficient (Wildman–Crippen LogP) is -0.754. The Bertz CT molecular complexity index is 35.2. The molecule has 0 bridgehead atoms. The zero-order valence-corrected chi connectivity index (χ0v) is 6.95. The molecule has 0 rings (SSSR count). The standard InChI is InChI=1S/C2H6N.C2H6O.H2N.Ti/c2*1-2-3;;/h2H,3H2,1H3;3H,2H2,1H3;1H2;/q;;-1;+1. The summed E-state index contributed by atoms with van der Waals surface area (Å²) in [6, 6.07) is 0. The SMILES string of the molecule is CCO.C[CH](N)[Ti][NH2]. The van der Waals surface area contributed by atoms with E-state index in [0.717, 1.165) is 0 Å². The molecule has 0 heterocycles. The van der Waals surface area contributed by atoms with Crippen molar-refractivity contribution in [1.29, 1.82) is 0 Å². The van der Waals surface area contributed by atoms with Gasteiger partial charge in [-0.05, 0) is 6.92 Å². The van der Waals surface area contributed by atoms with Crippen molar-refractivity contribution in [1.82, 2.24) is 0 Å². The summed E-state index contributed by atoms with van der Waals surface area (Å²) < 4.78 is 5.46. The molecule has 0 aliphatic rings. The van der Waals surface area contributed by atoms with Crippen molar-refractivity contribution in [3.05, 3.63) is 0 Å². The van der Waals surface area contributed by atoms with Crippen molar-refractivity contribution < 1.29 is 24.5 Å². The minimum atomic E-state index is -0.278. The van der Waals surface area contributed by atoms with E-state index in [0.29, 0.717) is 0 Å². The molecule has 0 radical (unpaired) electrons. The molecule has 0 saturated carbocycles. The van der Waals surface area contributed by atoms with Crippen LogP contribution in [0.4, 0.5) is 0 Å². The third-order valence-corrected chi connectivity index (χ3v) is 1.08. The van der Waals surface area contributed by atoms with Gasteiger partial charge in [0.05, 0.1) is 0 Å². The molecule has 5 N–H and O–H groups in total. The van der Waals surface area contributed by atoms with Crippen LogP contribution < -0.4 is 9.95 Å². The minimum absolute atomic E-state index is 0.250. The van der Waals surface area contributed by atoms with Crippen LogP contribution in [0.25, 0.3) is 0 Å². The van der Waals surface area contributed by atoms with Gasteiger partial charge in [-0.25, -0.2) is 0 Å². The fraction of sp³-hybridized carbons (Fsp3) is 1.00. The van der Waals surface area contributed by atoms with Crippen LogP contribution in [0.5, 0.6) is 0 Å². The van der Waals surface area contributed by atoms with Gasteiger partial charge in [0.15, 0.2) is 0 Å². The van der Waals surface area contributed by atoms with Crippen molar-refractivity contribution >= 4 is 0 Å². The van der Waals surface area contributed by atoms with Gasteiger partial charge in [-0.2, -0.15) is 0 Å². The molecule has 0 spiro atoms. The molecule has 8 heavy (non-hydrogen) atoms. The molecule has 1 atom stereocenters. The summed E-state index contributed by atoms with van der Waals surface area (Å²) >= 11 is -0.278. The van der Waals surface area contributed by atoms with Gasteiger partial charge >= 0.3 is 40.6 Å². The van der Waals surface area contributed by atoms with E-state index in [1.807, 2.05) is 6.92 Å². The molecule has 0 fully saturated rings. The van der Waals surface area contributed by atoms with E-state index >= 15 is 0 Å². The molecule has 0 aromatic rings. The van der Waals surface area contributed by atoms with Crippen molar-refractivity contribution in [2.24, 2.45) is 9.95 Å². The topological polar surface area (TPSA) is 72.3 Å². The number of aliphatic hydroxyl groups is 1. The van der Waals surface area contributed by atoms with Gasteiger partial charge in [0.1, 0.15) is 0 Å². The average Bonchev–Trinajstić information content (AvgIpc) is 1.69. The number of rotatable bonds is 1. The molecule has 0 aliphatic heterocycles. The van der Waals surface area contributed by atoms with Gasteiger partial charge in [0.2, 0.25) is 0 Å². The molecule has 0 amide bonds. The first-order chi connectivity index (χ1) is 3.68. The fourth-order valence-electron chi connectivity index (χ4n) is 0. The maximum atomic E-state index is 7.57. The van der Waals surface area contributed by atoms with Crippen molar-refractivity contribution in [3.8, 4) is 0 Å². The van der Waals surface area contributed by atoms with E-state index in [4.69, 9.17) is 15.1 Å². The van der Waals surface area contributed by atoms with Crippen molar-refractivity contribution in [2.75, 3.05) is 6.61 Å². The van der Waals surface area contributed by atoms with E-state index < -0.39 is 0 Å². The fourth-order valence-corrected chi connectivity index (χ4v) is 0. The number of aliphatic hydroxyl groups excluding tert-OH is 1. The molecule has 1 unspecified atom stereocenters. The van der Waals surface area contributed by atoms with Crippen LogP contribution in [0.1, 0.15) is 13.8 Å². The molecular weight excluding hydrogens is 140 g/mol. The summed E-state index contributed by atoms with van der Waals surface area (Å²) in [7, 11) is 0. The Morgan fingerprint density at radius 3 is 1.88 bits per heavy atom. The summed E-state index contributed by atoms with van der Waals surface area (Å²) in [5, 5.41) is 7.57.